The molecule has 116 valence electrons. The van der Waals surface area contributed by atoms with Gasteiger partial charge in [-0.15, -0.1) is 0 Å². The molecule has 0 spiro atoms. The lowest BCUT2D eigenvalue weighted by Crippen LogP contribution is -2.22. The number of rotatable bonds is 5. The number of anilines is 1. The van der Waals surface area contributed by atoms with Crippen molar-refractivity contribution in [2.75, 3.05) is 5.32 Å². The minimum absolute atomic E-state index is 0.399. The van der Waals surface area contributed by atoms with Crippen molar-refractivity contribution < 1.29 is 4.74 Å². The van der Waals surface area contributed by atoms with Crippen LogP contribution < -0.4 is 10.1 Å². The molecule has 1 heterocycles. The lowest BCUT2D eigenvalue weighted by molar-refractivity contribution is 0.294. The summed E-state index contributed by atoms with van der Waals surface area (Å²) in [5, 5.41) is 4.22. The fourth-order valence-electron chi connectivity index (χ4n) is 2.76. The highest BCUT2D eigenvalue weighted by Crippen LogP contribution is 2.27. The lowest BCUT2D eigenvalue weighted by Gasteiger charge is -2.24. The molecule has 0 aliphatic heterocycles. The van der Waals surface area contributed by atoms with Crippen LogP contribution in [-0.2, 0) is 6.61 Å². The van der Waals surface area contributed by atoms with Crippen LogP contribution in [0.1, 0.15) is 37.7 Å². The number of aromatic nitrogens is 2. The maximum absolute atomic E-state index is 6.16. The van der Waals surface area contributed by atoms with E-state index in [1.807, 2.05) is 24.3 Å². The van der Waals surface area contributed by atoms with Gasteiger partial charge in [-0.2, -0.15) is 4.98 Å². The number of ether oxygens (including phenoxy) is 1. The summed E-state index contributed by atoms with van der Waals surface area (Å²) in [7, 11) is 0. The van der Waals surface area contributed by atoms with Crippen molar-refractivity contribution in [1.29, 1.82) is 0 Å². The van der Waals surface area contributed by atoms with Crippen molar-refractivity contribution in [2.45, 2.75) is 44.8 Å². The van der Waals surface area contributed by atoms with Gasteiger partial charge in [0.2, 0.25) is 5.88 Å². The van der Waals surface area contributed by atoms with E-state index < -0.39 is 0 Å². The van der Waals surface area contributed by atoms with E-state index in [1.165, 1.54) is 38.4 Å². The van der Waals surface area contributed by atoms with E-state index in [1.54, 1.807) is 6.20 Å². The van der Waals surface area contributed by atoms with Crippen molar-refractivity contribution in [2.24, 2.45) is 0 Å². The Labute approximate surface area is 135 Å². The Morgan fingerprint density at radius 2 is 2.00 bits per heavy atom. The summed E-state index contributed by atoms with van der Waals surface area (Å²) >= 11 is 6.16. The van der Waals surface area contributed by atoms with Gasteiger partial charge >= 0.3 is 0 Å². The summed E-state index contributed by atoms with van der Waals surface area (Å²) in [6, 6.07) is 8.17. The summed E-state index contributed by atoms with van der Waals surface area (Å²) in [6.07, 6.45) is 9.57. The number of hydrogen-bond acceptors (Lipinski definition) is 4. The smallest absolute Gasteiger partial charge is 0.240 e. The Hall–Kier alpha value is -1.81. The van der Waals surface area contributed by atoms with Crippen molar-refractivity contribution in [1.82, 2.24) is 9.97 Å². The van der Waals surface area contributed by atoms with E-state index in [4.69, 9.17) is 16.3 Å². The lowest BCUT2D eigenvalue weighted by atomic mass is 9.95. The molecule has 1 aliphatic carbocycles. The Bertz CT molecular complexity index is 614. The average molecular weight is 318 g/mol. The summed E-state index contributed by atoms with van der Waals surface area (Å²) < 4.78 is 5.85. The topological polar surface area (TPSA) is 47.0 Å². The molecule has 1 aliphatic rings. The van der Waals surface area contributed by atoms with E-state index in [0.717, 1.165) is 11.3 Å². The number of hydrogen-bond donors (Lipinski definition) is 1. The summed E-state index contributed by atoms with van der Waals surface area (Å²) in [5.74, 6) is 0.584. The third-order valence-corrected chi connectivity index (χ3v) is 4.33. The molecule has 1 saturated carbocycles. The molecule has 2 aromatic rings. The second kappa shape index (κ2) is 7.45. The fraction of sp³-hybridized carbons (Fsp3) is 0.412. The predicted octanol–water partition coefficient (Wildman–Crippen LogP) is 4.45. The minimum Gasteiger partial charge on any atom is -0.471 e. The molecule has 3 rings (SSSR count). The van der Waals surface area contributed by atoms with Crippen LogP contribution in [0.4, 0.5) is 5.69 Å². The molecule has 0 bridgehead atoms. The van der Waals surface area contributed by atoms with Crippen molar-refractivity contribution >= 4 is 17.3 Å². The largest absolute Gasteiger partial charge is 0.471 e. The van der Waals surface area contributed by atoms with E-state index >= 15 is 0 Å². The highest BCUT2D eigenvalue weighted by molar-refractivity contribution is 6.31. The zero-order chi connectivity index (χ0) is 15.2. The van der Waals surface area contributed by atoms with Gasteiger partial charge in [0, 0.05) is 16.6 Å². The van der Waals surface area contributed by atoms with Gasteiger partial charge in [0.25, 0.3) is 0 Å². The van der Waals surface area contributed by atoms with Crippen molar-refractivity contribution in [3.05, 3.63) is 47.4 Å². The normalized spacial score (nSPS) is 15.5. The fourth-order valence-corrected chi connectivity index (χ4v) is 2.95. The molecular weight excluding hydrogens is 298 g/mol. The average Bonchev–Trinajstić information content (AvgIpc) is 2.56. The zero-order valence-corrected chi connectivity index (χ0v) is 13.2. The Kier molecular flexibility index (Phi) is 5.11. The molecule has 1 fully saturated rings. The summed E-state index contributed by atoms with van der Waals surface area (Å²) in [4.78, 5) is 8.35. The van der Waals surface area contributed by atoms with Crippen LogP contribution in [0.5, 0.6) is 5.88 Å². The van der Waals surface area contributed by atoms with Gasteiger partial charge in [-0.05, 0) is 18.9 Å². The molecule has 0 amide bonds. The monoisotopic (exact) mass is 317 g/mol. The number of nitrogens with zero attached hydrogens (tertiary/aromatic N) is 2. The first kappa shape index (κ1) is 15.1. The standard InChI is InChI=1S/C17H20ClN3O/c18-15-9-5-4-6-13(15)11-22-17-16(10-19-12-20-17)21-14-7-2-1-3-8-14/h4-6,9-10,12,14,21H,1-3,7-8,11H2. The maximum Gasteiger partial charge on any atom is 0.240 e. The second-order valence-corrected chi connectivity index (χ2v) is 6.01. The SMILES string of the molecule is Clc1ccccc1COc1ncncc1NC1CCCCC1. The first-order chi connectivity index (χ1) is 10.8. The van der Waals surface area contributed by atoms with Crippen LogP contribution in [0.2, 0.25) is 5.02 Å². The molecule has 22 heavy (non-hydrogen) atoms. The summed E-state index contributed by atoms with van der Waals surface area (Å²) in [6.45, 7) is 0.399. The third kappa shape index (κ3) is 3.89. The number of benzene rings is 1. The van der Waals surface area contributed by atoms with Crippen LogP contribution >= 0.6 is 11.6 Å². The molecule has 0 radical (unpaired) electrons. The second-order valence-electron chi connectivity index (χ2n) is 5.60. The van der Waals surface area contributed by atoms with E-state index in [9.17, 15) is 0 Å². The third-order valence-electron chi connectivity index (χ3n) is 3.96. The Balaban J connectivity index is 1.67. The molecule has 1 aromatic heterocycles. The predicted molar refractivity (Wildman–Crippen MR) is 88.3 cm³/mol. The van der Waals surface area contributed by atoms with E-state index in [2.05, 4.69) is 15.3 Å². The van der Waals surface area contributed by atoms with Crippen LogP contribution in [-0.4, -0.2) is 16.0 Å². The molecule has 0 atom stereocenters. The molecule has 4 nitrogen and oxygen atoms in total. The van der Waals surface area contributed by atoms with E-state index in [0.29, 0.717) is 23.6 Å². The molecule has 1 N–H and O–H groups in total. The van der Waals surface area contributed by atoms with Gasteiger partial charge in [0.1, 0.15) is 18.6 Å². The molecule has 5 heteroatoms. The highest BCUT2D eigenvalue weighted by Gasteiger charge is 2.16. The van der Waals surface area contributed by atoms with Gasteiger partial charge in [-0.25, -0.2) is 4.98 Å². The maximum atomic E-state index is 6.16. The van der Waals surface area contributed by atoms with Crippen LogP contribution in [0.25, 0.3) is 0 Å². The van der Waals surface area contributed by atoms with Gasteiger partial charge in [-0.3, -0.25) is 0 Å². The molecule has 0 saturated heterocycles. The molecular formula is C17H20ClN3O. The quantitative estimate of drug-likeness (QED) is 0.884. The number of nitrogens with one attached hydrogen (secondary N) is 1. The Morgan fingerprint density at radius 1 is 1.18 bits per heavy atom. The first-order valence-corrected chi connectivity index (χ1v) is 8.13. The van der Waals surface area contributed by atoms with Crippen LogP contribution in [0, 0.1) is 0 Å². The number of halogens is 1. The van der Waals surface area contributed by atoms with Crippen LogP contribution in [0.15, 0.2) is 36.8 Å². The van der Waals surface area contributed by atoms with Crippen LogP contribution in [0.3, 0.4) is 0 Å². The molecule has 0 unspecified atom stereocenters. The van der Waals surface area contributed by atoms with Crippen molar-refractivity contribution in [3.8, 4) is 5.88 Å². The van der Waals surface area contributed by atoms with E-state index in [-0.39, 0.29) is 0 Å². The van der Waals surface area contributed by atoms with Gasteiger partial charge in [-0.1, -0.05) is 49.1 Å². The highest BCUT2D eigenvalue weighted by atomic mass is 35.5. The minimum atomic E-state index is 0.399. The molecule has 1 aromatic carbocycles. The zero-order valence-electron chi connectivity index (χ0n) is 12.5. The van der Waals surface area contributed by atoms with Gasteiger partial charge in [0.05, 0.1) is 6.20 Å². The first-order valence-electron chi connectivity index (χ1n) is 7.75. The van der Waals surface area contributed by atoms with Gasteiger partial charge in [0.15, 0.2) is 0 Å². The van der Waals surface area contributed by atoms with Gasteiger partial charge < -0.3 is 10.1 Å². The van der Waals surface area contributed by atoms with Crippen molar-refractivity contribution in [3.63, 3.8) is 0 Å². The Morgan fingerprint density at radius 3 is 2.82 bits per heavy atom. The summed E-state index contributed by atoms with van der Waals surface area (Å²) in [5.41, 5.74) is 1.81.